The zero-order valence-electron chi connectivity index (χ0n) is 6.34. The number of hydrogen-bond donors (Lipinski definition) is 3. The van der Waals surface area contributed by atoms with Crippen LogP contribution in [0.5, 0.6) is 0 Å². The molecule has 0 saturated heterocycles. The van der Waals surface area contributed by atoms with Gasteiger partial charge in [-0.05, 0) is 0 Å². The molecule has 0 radical (unpaired) electrons. The summed E-state index contributed by atoms with van der Waals surface area (Å²) in [6.07, 6.45) is 0.984. The van der Waals surface area contributed by atoms with Crippen LogP contribution in [0.25, 0.3) is 0 Å². The number of nitrogens with one attached hydrogen (secondary N) is 3. The molecule has 62 valence electrons. The average Bonchev–Trinajstić information content (AvgIpc) is 2.24. The van der Waals surface area contributed by atoms with Gasteiger partial charge >= 0.3 is 5.82 Å². The molecule has 0 aliphatic carbocycles. The van der Waals surface area contributed by atoms with E-state index in [1.54, 1.807) is 14.1 Å². The third kappa shape index (κ3) is 1.13. The Bertz CT molecular complexity index is 223. The van der Waals surface area contributed by atoms with Gasteiger partial charge in [-0.25, -0.2) is 0 Å². The Morgan fingerprint density at radius 1 is 1.45 bits per heavy atom. The summed E-state index contributed by atoms with van der Waals surface area (Å²) in [7, 11) is 3.18. The Hall–Kier alpha value is -1.27. The van der Waals surface area contributed by atoms with Gasteiger partial charge in [0.05, 0.1) is 7.05 Å². The maximum atomic E-state index is 10.9. The molecule has 0 aromatic heterocycles. The summed E-state index contributed by atoms with van der Waals surface area (Å²) >= 11 is 0. The molecule has 6 nitrogen and oxygen atoms in total. The molecule has 3 N–H and O–H groups in total. The Balaban J connectivity index is 2.94. The van der Waals surface area contributed by atoms with Crippen molar-refractivity contribution in [2.75, 3.05) is 14.1 Å². The number of quaternary nitrogens is 1. The van der Waals surface area contributed by atoms with E-state index in [0.717, 1.165) is 6.34 Å². The van der Waals surface area contributed by atoms with Crippen LogP contribution < -0.4 is 15.7 Å². The quantitative estimate of drug-likeness (QED) is 0.306. The third-order valence-corrected chi connectivity index (χ3v) is 1.42. The van der Waals surface area contributed by atoms with Gasteiger partial charge in [-0.3, -0.25) is 10.4 Å². The highest BCUT2D eigenvalue weighted by molar-refractivity contribution is 5.42. The molecular weight excluding hydrogens is 148 g/mol. The van der Waals surface area contributed by atoms with E-state index in [4.69, 9.17) is 0 Å². The normalized spacial score (nSPS) is 23.5. The molecule has 0 aromatic rings. The number of rotatable bonds is 2. The zero-order chi connectivity index (χ0) is 8.43. The molecule has 0 aromatic carbocycles. The molecule has 0 spiro atoms. The van der Waals surface area contributed by atoms with Crippen molar-refractivity contribution in [3.63, 3.8) is 0 Å². The number of hydrogen-bond acceptors (Lipinski definition) is 4. The Morgan fingerprint density at radius 3 is 2.45 bits per heavy atom. The minimum atomic E-state index is -0.299. The second kappa shape index (κ2) is 2.77. The smallest absolute Gasteiger partial charge is 0.363 e. The molecule has 0 saturated carbocycles. The molecule has 0 bridgehead atoms. The van der Waals surface area contributed by atoms with Crippen LogP contribution in [0, 0.1) is 10.4 Å². The topological polar surface area (TPSA) is 77.6 Å². The predicted octanol–water partition coefficient (Wildman–Crippen LogP) is -2.51. The van der Waals surface area contributed by atoms with Crippen LogP contribution in [0.3, 0.4) is 0 Å². The van der Waals surface area contributed by atoms with E-state index in [-0.39, 0.29) is 10.9 Å². The fourth-order valence-electron chi connectivity index (χ4n) is 0.939. The first-order valence-electron chi connectivity index (χ1n) is 3.16. The highest BCUT2D eigenvalue weighted by Gasteiger charge is 2.25. The largest absolute Gasteiger partial charge is 0.707 e. The van der Waals surface area contributed by atoms with Gasteiger partial charge in [0.15, 0.2) is 0 Å². The van der Waals surface area contributed by atoms with Crippen molar-refractivity contribution in [2.24, 2.45) is 0 Å². The summed E-state index contributed by atoms with van der Waals surface area (Å²) in [5, 5.41) is 26.8. The van der Waals surface area contributed by atoms with Crippen LogP contribution in [0.1, 0.15) is 0 Å². The number of hydroxylamine groups is 3. The van der Waals surface area contributed by atoms with E-state index in [9.17, 15) is 10.4 Å². The van der Waals surface area contributed by atoms with Gasteiger partial charge in [-0.2, -0.15) is 4.74 Å². The maximum absolute atomic E-state index is 10.9. The van der Waals surface area contributed by atoms with Crippen LogP contribution in [-0.4, -0.2) is 25.2 Å². The van der Waals surface area contributed by atoms with E-state index < -0.39 is 0 Å². The molecule has 1 aliphatic heterocycles. The van der Waals surface area contributed by atoms with Gasteiger partial charge in [0, 0.05) is 7.05 Å². The molecule has 11 heavy (non-hydrogen) atoms. The van der Waals surface area contributed by atoms with Crippen molar-refractivity contribution in [1.82, 2.24) is 10.6 Å². The first kappa shape index (κ1) is 7.83. The monoisotopic (exact) mass is 158 g/mol. The zero-order valence-corrected chi connectivity index (χ0v) is 6.34. The van der Waals surface area contributed by atoms with Crippen molar-refractivity contribution in [1.29, 1.82) is 0 Å². The minimum Gasteiger partial charge on any atom is -0.707 e. The highest BCUT2D eigenvalue weighted by atomic mass is 16.5. The first-order chi connectivity index (χ1) is 5.20. The molecule has 1 rings (SSSR count). The summed E-state index contributed by atoms with van der Waals surface area (Å²) < 4.78 is 0.508. The van der Waals surface area contributed by atoms with Gasteiger partial charge in [0.1, 0.15) is 0 Å². The van der Waals surface area contributed by atoms with E-state index >= 15 is 0 Å². The highest BCUT2D eigenvalue weighted by Crippen LogP contribution is 1.93. The van der Waals surface area contributed by atoms with Crippen LogP contribution in [0.4, 0.5) is 0 Å². The number of nitrogens with zero attached hydrogens (tertiary/aromatic N) is 1. The van der Waals surface area contributed by atoms with Gasteiger partial charge in [0.2, 0.25) is 0 Å². The third-order valence-electron chi connectivity index (χ3n) is 1.42. The summed E-state index contributed by atoms with van der Waals surface area (Å²) in [5.74, 6) is 0.569. The molecule has 6 heteroatoms. The molecular formula is C5H10N4O2. The van der Waals surface area contributed by atoms with Gasteiger partial charge in [-0.15, -0.1) is 0 Å². The Kier molecular flexibility index (Phi) is 1.97. The lowest BCUT2D eigenvalue weighted by Crippen LogP contribution is -3.05. The van der Waals surface area contributed by atoms with Crippen LogP contribution >= 0.6 is 0 Å². The maximum Gasteiger partial charge on any atom is 0.363 e. The Labute approximate surface area is 64.0 Å². The van der Waals surface area contributed by atoms with E-state index in [1.807, 2.05) is 0 Å². The fraction of sp³-hybridized carbons (Fsp3) is 0.400. The van der Waals surface area contributed by atoms with Crippen molar-refractivity contribution >= 4 is 6.34 Å². The molecule has 1 atom stereocenters. The van der Waals surface area contributed by atoms with Crippen molar-refractivity contribution in [3.8, 4) is 0 Å². The van der Waals surface area contributed by atoms with Gasteiger partial charge in [-0.1, -0.05) is 0 Å². The molecule has 1 heterocycles. The molecule has 0 fully saturated rings. The lowest BCUT2D eigenvalue weighted by Gasteiger charge is -2.10. The second-order valence-electron chi connectivity index (χ2n) is 2.04. The molecule has 1 aliphatic rings. The lowest BCUT2D eigenvalue weighted by atomic mass is 10.6. The summed E-state index contributed by atoms with van der Waals surface area (Å²) in [6, 6.07) is 0. The second-order valence-corrected chi connectivity index (χ2v) is 2.04. The van der Waals surface area contributed by atoms with Gasteiger partial charge < -0.3 is 15.7 Å². The van der Waals surface area contributed by atoms with E-state index in [0.29, 0.717) is 10.6 Å². The standard InChI is InChI=1S/C5H10N4O2/c1-6-4-5(7-2)9(11)3-8(4)10/h3,6-8H,1-2H3. The van der Waals surface area contributed by atoms with Crippen molar-refractivity contribution < 1.29 is 9.80 Å². The van der Waals surface area contributed by atoms with E-state index in [2.05, 4.69) is 10.6 Å². The Morgan fingerprint density at radius 2 is 2.09 bits per heavy atom. The molecule has 1 unspecified atom stereocenters. The first-order valence-corrected chi connectivity index (χ1v) is 3.16. The van der Waals surface area contributed by atoms with Gasteiger partial charge in [0.25, 0.3) is 12.2 Å². The summed E-state index contributed by atoms with van der Waals surface area (Å²) in [6.45, 7) is 0. The lowest BCUT2D eigenvalue weighted by molar-refractivity contribution is -0.705. The average molecular weight is 158 g/mol. The van der Waals surface area contributed by atoms with Crippen LogP contribution in [0.15, 0.2) is 11.6 Å². The van der Waals surface area contributed by atoms with Crippen molar-refractivity contribution in [3.05, 3.63) is 22.1 Å². The summed E-state index contributed by atoms with van der Waals surface area (Å²) in [5.41, 5.74) is 0. The van der Waals surface area contributed by atoms with Crippen LogP contribution in [0.2, 0.25) is 0 Å². The summed E-state index contributed by atoms with van der Waals surface area (Å²) in [4.78, 5) is 0. The fourth-order valence-corrected chi connectivity index (χ4v) is 0.939. The molecule has 0 amide bonds. The van der Waals surface area contributed by atoms with Crippen LogP contribution in [-0.2, 0) is 0 Å². The van der Waals surface area contributed by atoms with E-state index in [1.165, 1.54) is 0 Å². The minimum absolute atomic E-state index is 0.262. The van der Waals surface area contributed by atoms with Crippen molar-refractivity contribution in [2.45, 2.75) is 0 Å². The SMILES string of the molecule is CNC1=C(NC)[NH+]([O-])C=[N+]1[O-]. The predicted molar refractivity (Wildman–Crippen MR) is 39.2 cm³/mol.